The molecule has 0 aromatic heterocycles. The summed E-state index contributed by atoms with van der Waals surface area (Å²) < 4.78 is 11.9. The predicted octanol–water partition coefficient (Wildman–Crippen LogP) is 7.06. The third kappa shape index (κ3) is 3.96. The highest BCUT2D eigenvalue weighted by atomic mass is 35.5. The lowest BCUT2D eigenvalue weighted by Crippen LogP contribution is -2.00. The number of ether oxygens (including phenoxy) is 2. The summed E-state index contributed by atoms with van der Waals surface area (Å²) in [5, 5.41) is 1.10. The number of hydrogen-bond donors (Lipinski definition) is 0. The number of Topliss-reactive ketones (excluding diaryl/α,β-unsaturated/α-hetero) is 1. The molecule has 4 rings (SSSR count). The second-order valence-corrected chi connectivity index (χ2v) is 7.90. The number of allylic oxidation sites excluding steroid dienone is 1. The highest BCUT2D eigenvalue weighted by molar-refractivity contribution is 6.35. The molecule has 0 aliphatic carbocycles. The van der Waals surface area contributed by atoms with Crippen molar-refractivity contribution in [3.8, 4) is 11.5 Å². The van der Waals surface area contributed by atoms with Crippen LogP contribution in [0.1, 0.15) is 39.5 Å². The lowest BCUT2D eigenvalue weighted by atomic mass is 10.0. The maximum Gasteiger partial charge on any atom is 0.231 e. The van der Waals surface area contributed by atoms with Crippen molar-refractivity contribution < 1.29 is 14.3 Å². The lowest BCUT2D eigenvalue weighted by molar-refractivity contribution is 0.101. The van der Waals surface area contributed by atoms with Gasteiger partial charge in [-0.25, -0.2) is 0 Å². The van der Waals surface area contributed by atoms with Crippen molar-refractivity contribution in [3.05, 3.63) is 98.2 Å². The zero-order chi connectivity index (χ0) is 21.3. The highest BCUT2D eigenvalue weighted by Gasteiger charge is 2.30. The summed E-state index contributed by atoms with van der Waals surface area (Å²) in [5.41, 5.74) is 4.18. The maximum atomic E-state index is 12.8. The Kier molecular flexibility index (Phi) is 5.85. The first kappa shape index (κ1) is 20.5. The molecular formula is C25H20Cl2O3. The summed E-state index contributed by atoms with van der Waals surface area (Å²) in [6.45, 7) is 4.20. The average molecular weight is 439 g/mol. The number of fused-ring (bicyclic) bond motifs is 1. The number of hydrogen-bond acceptors (Lipinski definition) is 3. The van der Waals surface area contributed by atoms with E-state index in [4.69, 9.17) is 32.7 Å². The van der Waals surface area contributed by atoms with Gasteiger partial charge in [-0.15, -0.1) is 0 Å². The Morgan fingerprint density at radius 2 is 1.70 bits per heavy atom. The van der Waals surface area contributed by atoms with Crippen LogP contribution in [0.3, 0.4) is 0 Å². The largest absolute Gasteiger partial charge is 0.488 e. The normalized spacial score (nSPS) is 14.0. The molecule has 0 N–H and O–H groups in total. The van der Waals surface area contributed by atoms with E-state index in [9.17, 15) is 4.79 Å². The quantitative estimate of drug-likeness (QED) is 0.399. The number of carbonyl (C=O) groups excluding carboxylic acids is 1. The summed E-state index contributed by atoms with van der Waals surface area (Å²) in [7, 11) is 0. The van der Waals surface area contributed by atoms with Gasteiger partial charge < -0.3 is 9.47 Å². The van der Waals surface area contributed by atoms with Gasteiger partial charge >= 0.3 is 0 Å². The Hall–Kier alpha value is -2.75. The SMILES string of the molecule is CCc1ccc(/C=C2\Oc3c(ccc(OCc4c(Cl)cccc4Cl)c3C)C2=O)cc1. The van der Waals surface area contributed by atoms with Crippen molar-refractivity contribution in [1.82, 2.24) is 0 Å². The summed E-state index contributed by atoms with van der Waals surface area (Å²) in [4.78, 5) is 12.8. The molecule has 5 heteroatoms. The van der Waals surface area contributed by atoms with Gasteiger partial charge in [0.15, 0.2) is 5.76 Å². The number of ketones is 1. The number of benzene rings is 3. The molecule has 0 amide bonds. The molecule has 0 bridgehead atoms. The van der Waals surface area contributed by atoms with Gasteiger partial charge in [-0.3, -0.25) is 4.79 Å². The summed E-state index contributed by atoms with van der Waals surface area (Å²) in [6.07, 6.45) is 2.74. The Morgan fingerprint density at radius 3 is 2.37 bits per heavy atom. The van der Waals surface area contributed by atoms with Crippen molar-refractivity contribution in [1.29, 1.82) is 0 Å². The second kappa shape index (κ2) is 8.55. The maximum absolute atomic E-state index is 12.8. The monoisotopic (exact) mass is 438 g/mol. The van der Waals surface area contributed by atoms with Crippen LogP contribution in [0.15, 0.2) is 60.4 Å². The molecule has 30 heavy (non-hydrogen) atoms. The van der Waals surface area contributed by atoms with Crippen LogP contribution in [0.4, 0.5) is 0 Å². The molecule has 0 radical (unpaired) electrons. The molecular weight excluding hydrogens is 419 g/mol. The van der Waals surface area contributed by atoms with Gasteiger partial charge in [-0.2, -0.15) is 0 Å². The van der Waals surface area contributed by atoms with Crippen molar-refractivity contribution in [2.45, 2.75) is 26.9 Å². The Labute approximate surface area is 185 Å². The number of carbonyl (C=O) groups is 1. The van der Waals surface area contributed by atoms with Crippen molar-refractivity contribution in [2.75, 3.05) is 0 Å². The number of rotatable bonds is 5. The standard InChI is InChI=1S/C25H20Cl2O3/c1-3-16-7-9-17(10-8-16)13-23-24(28)18-11-12-22(15(2)25(18)30-23)29-14-19-20(26)5-4-6-21(19)27/h4-13H,3,14H2,1-2H3/b23-13-. The fourth-order valence-corrected chi connectivity index (χ4v) is 3.85. The van der Waals surface area contributed by atoms with E-state index >= 15 is 0 Å². The molecule has 3 aromatic rings. The van der Waals surface area contributed by atoms with Gasteiger partial charge in [0.25, 0.3) is 0 Å². The molecule has 0 spiro atoms. The number of aryl methyl sites for hydroxylation is 1. The van der Waals surface area contributed by atoms with E-state index in [-0.39, 0.29) is 12.4 Å². The molecule has 3 aromatic carbocycles. The Morgan fingerprint density at radius 1 is 1.00 bits per heavy atom. The highest BCUT2D eigenvalue weighted by Crippen LogP contribution is 2.40. The fourth-order valence-electron chi connectivity index (χ4n) is 3.35. The smallest absolute Gasteiger partial charge is 0.231 e. The molecule has 0 unspecified atom stereocenters. The van der Waals surface area contributed by atoms with E-state index < -0.39 is 0 Å². The molecule has 0 saturated heterocycles. The van der Waals surface area contributed by atoms with Crippen LogP contribution in [0.25, 0.3) is 6.08 Å². The van der Waals surface area contributed by atoms with Crippen LogP contribution in [0.2, 0.25) is 10.0 Å². The van der Waals surface area contributed by atoms with Crippen LogP contribution < -0.4 is 9.47 Å². The van der Waals surface area contributed by atoms with Gasteiger partial charge in [0, 0.05) is 21.2 Å². The zero-order valence-electron chi connectivity index (χ0n) is 16.7. The minimum absolute atomic E-state index is 0.131. The minimum atomic E-state index is -0.131. The van der Waals surface area contributed by atoms with Gasteiger partial charge in [-0.1, -0.05) is 60.5 Å². The van der Waals surface area contributed by atoms with Crippen molar-refractivity contribution in [3.63, 3.8) is 0 Å². The first-order valence-corrected chi connectivity index (χ1v) is 10.5. The van der Waals surface area contributed by atoms with Gasteiger partial charge in [0.2, 0.25) is 5.78 Å². The van der Waals surface area contributed by atoms with E-state index in [1.807, 2.05) is 19.1 Å². The third-order valence-electron chi connectivity index (χ3n) is 5.16. The summed E-state index contributed by atoms with van der Waals surface area (Å²) in [5.74, 6) is 1.32. The van der Waals surface area contributed by atoms with E-state index in [0.29, 0.717) is 38.4 Å². The first-order chi connectivity index (χ1) is 14.5. The van der Waals surface area contributed by atoms with Crippen LogP contribution in [0.5, 0.6) is 11.5 Å². The van der Waals surface area contributed by atoms with Crippen LogP contribution in [-0.2, 0) is 13.0 Å². The minimum Gasteiger partial charge on any atom is -0.488 e. The molecule has 1 aliphatic rings. The molecule has 0 saturated carbocycles. The molecule has 152 valence electrons. The predicted molar refractivity (Wildman–Crippen MR) is 121 cm³/mol. The van der Waals surface area contributed by atoms with E-state index in [0.717, 1.165) is 17.5 Å². The summed E-state index contributed by atoms with van der Waals surface area (Å²) >= 11 is 12.4. The Bertz CT molecular complexity index is 1130. The third-order valence-corrected chi connectivity index (χ3v) is 5.86. The van der Waals surface area contributed by atoms with E-state index in [1.165, 1.54) is 5.56 Å². The zero-order valence-corrected chi connectivity index (χ0v) is 18.2. The first-order valence-electron chi connectivity index (χ1n) is 9.70. The molecule has 0 atom stereocenters. The average Bonchev–Trinajstić information content (AvgIpc) is 3.06. The summed E-state index contributed by atoms with van der Waals surface area (Å²) in [6, 6.07) is 16.9. The van der Waals surface area contributed by atoms with Crippen molar-refractivity contribution in [2.24, 2.45) is 0 Å². The fraction of sp³-hybridized carbons (Fsp3) is 0.160. The van der Waals surface area contributed by atoms with Gasteiger partial charge in [-0.05, 0) is 54.8 Å². The lowest BCUT2D eigenvalue weighted by Gasteiger charge is -2.13. The number of halogens is 2. The molecule has 3 nitrogen and oxygen atoms in total. The second-order valence-electron chi connectivity index (χ2n) is 7.09. The van der Waals surface area contributed by atoms with E-state index in [1.54, 1.807) is 36.4 Å². The van der Waals surface area contributed by atoms with Gasteiger partial charge in [0.05, 0.1) is 5.56 Å². The van der Waals surface area contributed by atoms with Crippen LogP contribution in [0, 0.1) is 6.92 Å². The van der Waals surface area contributed by atoms with Crippen molar-refractivity contribution >= 4 is 35.1 Å². The molecule has 1 aliphatic heterocycles. The molecule has 0 fully saturated rings. The Balaban J connectivity index is 1.57. The van der Waals surface area contributed by atoms with Crippen LogP contribution >= 0.6 is 23.2 Å². The molecule has 1 heterocycles. The van der Waals surface area contributed by atoms with E-state index in [2.05, 4.69) is 19.1 Å². The topological polar surface area (TPSA) is 35.5 Å². The van der Waals surface area contributed by atoms with Crippen LogP contribution in [-0.4, -0.2) is 5.78 Å². The van der Waals surface area contributed by atoms with Gasteiger partial charge in [0.1, 0.15) is 18.1 Å².